The predicted molar refractivity (Wildman–Crippen MR) is 54.9 cm³/mol. The average molecular weight is 193 g/mol. The molecule has 0 spiro atoms. The molecule has 4 heteroatoms. The zero-order valence-corrected chi connectivity index (χ0v) is 8.53. The number of hydrogen-bond donors (Lipinski definition) is 1. The number of carbonyl (C=O) groups is 1. The van der Waals surface area contributed by atoms with Gasteiger partial charge in [0.1, 0.15) is 6.04 Å². The fraction of sp³-hybridized carbons (Fsp3) is 0.400. The SMILES string of the molecule is C=CCNC(=O)C(C)n1cc(C)cn1. The first-order chi connectivity index (χ1) is 6.65. The summed E-state index contributed by atoms with van der Waals surface area (Å²) in [6.45, 7) is 7.77. The maximum Gasteiger partial charge on any atom is 0.244 e. The van der Waals surface area contributed by atoms with E-state index >= 15 is 0 Å². The van der Waals surface area contributed by atoms with Gasteiger partial charge in [-0.05, 0) is 19.4 Å². The molecule has 1 N–H and O–H groups in total. The molecule has 0 saturated heterocycles. The second-order valence-electron chi connectivity index (χ2n) is 3.21. The number of hydrogen-bond acceptors (Lipinski definition) is 2. The third-order valence-electron chi connectivity index (χ3n) is 1.93. The topological polar surface area (TPSA) is 46.9 Å². The number of amides is 1. The molecule has 0 aliphatic heterocycles. The Morgan fingerprint density at radius 2 is 2.57 bits per heavy atom. The molecule has 1 aromatic rings. The van der Waals surface area contributed by atoms with Crippen molar-refractivity contribution in [2.24, 2.45) is 0 Å². The summed E-state index contributed by atoms with van der Waals surface area (Å²) in [5.41, 5.74) is 1.05. The highest BCUT2D eigenvalue weighted by atomic mass is 16.2. The van der Waals surface area contributed by atoms with E-state index < -0.39 is 0 Å². The van der Waals surface area contributed by atoms with Crippen molar-refractivity contribution in [2.75, 3.05) is 6.54 Å². The molecule has 1 rings (SSSR count). The predicted octanol–water partition coefficient (Wildman–Crippen LogP) is 1.05. The van der Waals surface area contributed by atoms with Crippen LogP contribution in [0.3, 0.4) is 0 Å². The van der Waals surface area contributed by atoms with Gasteiger partial charge >= 0.3 is 0 Å². The smallest absolute Gasteiger partial charge is 0.244 e. The van der Waals surface area contributed by atoms with Crippen molar-refractivity contribution in [2.45, 2.75) is 19.9 Å². The molecule has 1 heterocycles. The molecule has 4 nitrogen and oxygen atoms in total. The van der Waals surface area contributed by atoms with E-state index in [9.17, 15) is 4.79 Å². The second kappa shape index (κ2) is 4.60. The highest BCUT2D eigenvalue weighted by molar-refractivity contribution is 5.79. The van der Waals surface area contributed by atoms with E-state index in [1.54, 1.807) is 17.0 Å². The van der Waals surface area contributed by atoms with Crippen molar-refractivity contribution in [3.05, 3.63) is 30.6 Å². The molecule has 0 saturated carbocycles. The Hall–Kier alpha value is -1.58. The van der Waals surface area contributed by atoms with Gasteiger partial charge < -0.3 is 5.32 Å². The van der Waals surface area contributed by atoms with Gasteiger partial charge in [0.05, 0.1) is 6.20 Å². The molecule has 0 radical (unpaired) electrons. The van der Waals surface area contributed by atoms with Crippen molar-refractivity contribution < 1.29 is 4.79 Å². The van der Waals surface area contributed by atoms with Crippen LogP contribution < -0.4 is 5.32 Å². The summed E-state index contributed by atoms with van der Waals surface area (Å²) < 4.78 is 1.65. The van der Waals surface area contributed by atoms with E-state index in [1.807, 2.05) is 20.0 Å². The maximum atomic E-state index is 11.5. The van der Waals surface area contributed by atoms with Crippen LogP contribution in [-0.2, 0) is 4.79 Å². The Morgan fingerprint density at radius 1 is 1.86 bits per heavy atom. The van der Waals surface area contributed by atoms with Crippen LogP contribution >= 0.6 is 0 Å². The summed E-state index contributed by atoms with van der Waals surface area (Å²) in [4.78, 5) is 11.5. The number of aromatic nitrogens is 2. The normalized spacial score (nSPS) is 12.1. The van der Waals surface area contributed by atoms with Crippen molar-refractivity contribution in [1.82, 2.24) is 15.1 Å². The summed E-state index contributed by atoms with van der Waals surface area (Å²) in [6, 6.07) is -0.274. The van der Waals surface area contributed by atoms with Gasteiger partial charge in [-0.2, -0.15) is 5.10 Å². The fourth-order valence-corrected chi connectivity index (χ4v) is 1.09. The van der Waals surface area contributed by atoms with Crippen LogP contribution in [0.15, 0.2) is 25.0 Å². The Bertz CT molecular complexity index is 330. The fourth-order valence-electron chi connectivity index (χ4n) is 1.09. The van der Waals surface area contributed by atoms with Gasteiger partial charge in [0.15, 0.2) is 0 Å². The molecule has 1 aromatic heterocycles. The molecule has 1 unspecified atom stereocenters. The van der Waals surface area contributed by atoms with Gasteiger partial charge in [0.25, 0.3) is 0 Å². The van der Waals surface area contributed by atoms with Crippen LogP contribution in [-0.4, -0.2) is 22.2 Å². The minimum atomic E-state index is -0.274. The molecule has 76 valence electrons. The Balaban J connectivity index is 2.60. The lowest BCUT2D eigenvalue weighted by Gasteiger charge is -2.11. The summed E-state index contributed by atoms with van der Waals surface area (Å²) in [7, 11) is 0. The maximum absolute atomic E-state index is 11.5. The number of aryl methyl sites for hydroxylation is 1. The molecule has 0 aliphatic carbocycles. The Kier molecular flexibility index (Phi) is 3.45. The molecule has 1 atom stereocenters. The first-order valence-electron chi connectivity index (χ1n) is 4.54. The molecule has 1 amide bonds. The van der Waals surface area contributed by atoms with Gasteiger partial charge in [0.2, 0.25) is 5.91 Å². The standard InChI is InChI=1S/C10H15N3O/c1-4-5-11-10(14)9(3)13-7-8(2)6-12-13/h4,6-7,9H,1,5H2,2-3H3,(H,11,14). The zero-order valence-electron chi connectivity index (χ0n) is 8.53. The summed E-state index contributed by atoms with van der Waals surface area (Å²) in [6.07, 6.45) is 5.23. The van der Waals surface area contributed by atoms with Crippen LogP contribution in [0.4, 0.5) is 0 Å². The lowest BCUT2D eigenvalue weighted by molar-refractivity contribution is -0.123. The van der Waals surface area contributed by atoms with Crippen LogP contribution in [0.1, 0.15) is 18.5 Å². The summed E-state index contributed by atoms with van der Waals surface area (Å²) >= 11 is 0. The largest absolute Gasteiger partial charge is 0.351 e. The van der Waals surface area contributed by atoms with E-state index in [0.717, 1.165) is 5.56 Å². The summed E-state index contributed by atoms with van der Waals surface area (Å²) in [5.74, 6) is -0.0481. The monoisotopic (exact) mass is 193 g/mol. The minimum Gasteiger partial charge on any atom is -0.351 e. The van der Waals surface area contributed by atoms with Gasteiger partial charge in [-0.15, -0.1) is 6.58 Å². The van der Waals surface area contributed by atoms with E-state index in [1.165, 1.54) is 0 Å². The molecule has 14 heavy (non-hydrogen) atoms. The number of nitrogens with one attached hydrogen (secondary N) is 1. The lowest BCUT2D eigenvalue weighted by atomic mass is 10.3. The van der Waals surface area contributed by atoms with E-state index in [0.29, 0.717) is 6.54 Å². The third-order valence-corrected chi connectivity index (χ3v) is 1.93. The number of carbonyl (C=O) groups excluding carboxylic acids is 1. The molecule has 0 fully saturated rings. The van der Waals surface area contributed by atoms with Crippen molar-refractivity contribution >= 4 is 5.91 Å². The van der Waals surface area contributed by atoms with E-state index in [2.05, 4.69) is 17.0 Å². The molecular formula is C10H15N3O. The van der Waals surface area contributed by atoms with E-state index in [4.69, 9.17) is 0 Å². The third kappa shape index (κ3) is 2.45. The van der Waals surface area contributed by atoms with Crippen LogP contribution in [0.2, 0.25) is 0 Å². The zero-order chi connectivity index (χ0) is 10.6. The average Bonchev–Trinajstić information content (AvgIpc) is 2.60. The van der Waals surface area contributed by atoms with Crippen molar-refractivity contribution in [1.29, 1.82) is 0 Å². The van der Waals surface area contributed by atoms with Gasteiger partial charge in [-0.25, -0.2) is 0 Å². The summed E-state index contributed by atoms with van der Waals surface area (Å²) in [5, 5.41) is 6.80. The van der Waals surface area contributed by atoms with Gasteiger partial charge in [0, 0.05) is 12.7 Å². The Labute approximate surface area is 83.6 Å². The van der Waals surface area contributed by atoms with Crippen LogP contribution in [0.25, 0.3) is 0 Å². The van der Waals surface area contributed by atoms with Gasteiger partial charge in [-0.1, -0.05) is 6.08 Å². The minimum absolute atomic E-state index is 0.0481. The van der Waals surface area contributed by atoms with Crippen LogP contribution in [0.5, 0.6) is 0 Å². The van der Waals surface area contributed by atoms with Crippen molar-refractivity contribution in [3.8, 4) is 0 Å². The quantitative estimate of drug-likeness (QED) is 0.727. The molecule has 0 aliphatic rings. The van der Waals surface area contributed by atoms with E-state index in [-0.39, 0.29) is 11.9 Å². The first kappa shape index (κ1) is 10.5. The Morgan fingerprint density at radius 3 is 3.07 bits per heavy atom. The van der Waals surface area contributed by atoms with Gasteiger partial charge in [-0.3, -0.25) is 9.48 Å². The highest BCUT2D eigenvalue weighted by Crippen LogP contribution is 2.05. The first-order valence-corrected chi connectivity index (χ1v) is 4.54. The highest BCUT2D eigenvalue weighted by Gasteiger charge is 2.13. The second-order valence-corrected chi connectivity index (χ2v) is 3.21. The van der Waals surface area contributed by atoms with Crippen molar-refractivity contribution in [3.63, 3.8) is 0 Å². The lowest BCUT2D eigenvalue weighted by Crippen LogP contribution is -2.31. The molecule has 0 bridgehead atoms. The van der Waals surface area contributed by atoms with Crippen LogP contribution in [0, 0.1) is 6.92 Å². The molecular weight excluding hydrogens is 178 g/mol. The number of rotatable bonds is 4. The molecule has 0 aromatic carbocycles. The number of nitrogens with zero attached hydrogens (tertiary/aromatic N) is 2.